The number of aromatic nitrogens is 2. The minimum absolute atomic E-state index is 0.0561. The number of ether oxygens (including phenoxy) is 1. The first-order chi connectivity index (χ1) is 13.1. The second-order valence-electron chi connectivity index (χ2n) is 6.61. The summed E-state index contributed by atoms with van der Waals surface area (Å²) in [5, 5.41) is 7.21. The summed E-state index contributed by atoms with van der Waals surface area (Å²) in [5.41, 5.74) is 1.59. The summed E-state index contributed by atoms with van der Waals surface area (Å²) in [6.07, 6.45) is 3.81. The summed E-state index contributed by atoms with van der Waals surface area (Å²) >= 11 is 0. The number of hydrogen-bond donors (Lipinski definition) is 1. The molecule has 1 aliphatic heterocycles. The van der Waals surface area contributed by atoms with Crippen LogP contribution in [0.15, 0.2) is 42.7 Å². The lowest BCUT2D eigenvalue weighted by molar-refractivity contribution is -0.141. The number of urea groups is 1. The van der Waals surface area contributed by atoms with Crippen molar-refractivity contribution >= 4 is 17.7 Å². The number of esters is 1. The Kier molecular flexibility index (Phi) is 6.08. The molecule has 1 N–H and O–H groups in total. The van der Waals surface area contributed by atoms with Gasteiger partial charge in [-0.15, -0.1) is 0 Å². The van der Waals surface area contributed by atoms with Gasteiger partial charge in [0.1, 0.15) is 0 Å². The second-order valence-corrected chi connectivity index (χ2v) is 6.61. The van der Waals surface area contributed by atoms with Gasteiger partial charge in [0.2, 0.25) is 0 Å². The van der Waals surface area contributed by atoms with Gasteiger partial charge in [0.15, 0.2) is 0 Å². The highest BCUT2D eigenvalue weighted by molar-refractivity contribution is 5.89. The summed E-state index contributed by atoms with van der Waals surface area (Å²) in [6, 6.07) is 9.65. The SMILES string of the molecule is COC(=O)CCN1CCN(C(=O)Nc2cnn(-c3ccccc3)c2)C(C)C1. The van der Waals surface area contributed by atoms with Crippen LogP contribution in [-0.2, 0) is 9.53 Å². The quantitative estimate of drug-likeness (QED) is 0.813. The lowest BCUT2D eigenvalue weighted by Crippen LogP contribution is -2.55. The monoisotopic (exact) mass is 371 g/mol. The summed E-state index contributed by atoms with van der Waals surface area (Å²) in [4.78, 5) is 27.9. The van der Waals surface area contributed by atoms with Crippen LogP contribution in [0.25, 0.3) is 5.69 Å². The number of anilines is 1. The highest BCUT2D eigenvalue weighted by Gasteiger charge is 2.27. The van der Waals surface area contributed by atoms with Gasteiger partial charge < -0.3 is 15.0 Å². The molecule has 2 heterocycles. The molecule has 0 spiro atoms. The van der Waals surface area contributed by atoms with Crippen LogP contribution in [0.2, 0.25) is 0 Å². The maximum absolute atomic E-state index is 12.6. The number of amides is 2. The van der Waals surface area contributed by atoms with Gasteiger partial charge in [-0.3, -0.25) is 9.69 Å². The molecule has 0 bridgehead atoms. The van der Waals surface area contributed by atoms with Crippen molar-refractivity contribution in [3.63, 3.8) is 0 Å². The molecule has 2 aromatic rings. The third kappa shape index (κ3) is 4.85. The molecule has 1 aromatic carbocycles. The van der Waals surface area contributed by atoms with E-state index in [1.54, 1.807) is 17.1 Å². The van der Waals surface area contributed by atoms with Gasteiger partial charge in [-0.2, -0.15) is 5.10 Å². The molecule has 1 fully saturated rings. The number of nitrogens with zero attached hydrogens (tertiary/aromatic N) is 4. The van der Waals surface area contributed by atoms with E-state index in [4.69, 9.17) is 0 Å². The van der Waals surface area contributed by atoms with E-state index in [1.165, 1.54) is 7.11 Å². The number of carbonyl (C=O) groups is 2. The Hall–Kier alpha value is -2.87. The summed E-state index contributed by atoms with van der Waals surface area (Å²) in [7, 11) is 1.40. The minimum Gasteiger partial charge on any atom is -0.469 e. The largest absolute Gasteiger partial charge is 0.469 e. The zero-order chi connectivity index (χ0) is 19.2. The Labute approximate surface area is 158 Å². The van der Waals surface area contributed by atoms with E-state index in [-0.39, 0.29) is 18.0 Å². The van der Waals surface area contributed by atoms with Gasteiger partial charge in [0.25, 0.3) is 0 Å². The highest BCUT2D eigenvalue weighted by atomic mass is 16.5. The van der Waals surface area contributed by atoms with Crippen molar-refractivity contribution in [2.75, 3.05) is 38.6 Å². The van der Waals surface area contributed by atoms with E-state index in [0.717, 1.165) is 18.8 Å². The third-order valence-electron chi connectivity index (χ3n) is 4.69. The van der Waals surface area contributed by atoms with E-state index in [2.05, 4.69) is 20.1 Å². The van der Waals surface area contributed by atoms with Crippen molar-refractivity contribution in [1.29, 1.82) is 0 Å². The Morgan fingerprint density at radius 3 is 2.74 bits per heavy atom. The fourth-order valence-corrected chi connectivity index (χ4v) is 3.19. The van der Waals surface area contributed by atoms with E-state index in [9.17, 15) is 9.59 Å². The zero-order valence-corrected chi connectivity index (χ0v) is 15.7. The molecule has 0 saturated carbocycles. The zero-order valence-electron chi connectivity index (χ0n) is 15.7. The first-order valence-electron chi connectivity index (χ1n) is 9.03. The number of methoxy groups -OCH3 is 1. The standard InChI is InChI=1S/C19H25N5O3/c1-15-13-22(9-8-18(25)27-2)10-11-23(15)19(26)21-16-12-20-24(14-16)17-6-4-3-5-7-17/h3-7,12,14-15H,8-11,13H2,1-2H3,(H,21,26). The predicted octanol–water partition coefficient (Wildman–Crippen LogP) is 1.97. The number of carbonyl (C=O) groups excluding carboxylic acids is 2. The molecule has 144 valence electrons. The molecule has 27 heavy (non-hydrogen) atoms. The molecule has 1 aromatic heterocycles. The molecule has 0 aliphatic carbocycles. The molecule has 8 heteroatoms. The summed E-state index contributed by atoms with van der Waals surface area (Å²) < 4.78 is 6.41. The minimum atomic E-state index is -0.210. The van der Waals surface area contributed by atoms with E-state index < -0.39 is 0 Å². The lowest BCUT2D eigenvalue weighted by atomic mass is 10.2. The van der Waals surface area contributed by atoms with Crippen molar-refractivity contribution in [3.8, 4) is 5.69 Å². The van der Waals surface area contributed by atoms with Crippen LogP contribution < -0.4 is 5.32 Å². The molecule has 2 amide bonds. The van der Waals surface area contributed by atoms with Gasteiger partial charge in [-0.05, 0) is 19.1 Å². The topological polar surface area (TPSA) is 79.7 Å². The number of nitrogens with one attached hydrogen (secondary N) is 1. The molecule has 8 nitrogen and oxygen atoms in total. The maximum Gasteiger partial charge on any atom is 0.322 e. The third-order valence-corrected chi connectivity index (χ3v) is 4.69. The molecule has 1 unspecified atom stereocenters. The number of benzene rings is 1. The highest BCUT2D eigenvalue weighted by Crippen LogP contribution is 2.15. The van der Waals surface area contributed by atoms with E-state index in [0.29, 0.717) is 25.2 Å². The second kappa shape index (κ2) is 8.68. The van der Waals surface area contributed by atoms with E-state index >= 15 is 0 Å². The fourth-order valence-electron chi connectivity index (χ4n) is 3.19. The van der Waals surface area contributed by atoms with Gasteiger partial charge in [0.05, 0.1) is 37.3 Å². The smallest absolute Gasteiger partial charge is 0.322 e. The Morgan fingerprint density at radius 1 is 1.26 bits per heavy atom. The Bertz CT molecular complexity index is 777. The molecule has 3 rings (SSSR count). The molecular weight excluding hydrogens is 346 g/mol. The maximum atomic E-state index is 12.6. The van der Waals surface area contributed by atoms with E-state index in [1.807, 2.05) is 42.2 Å². The first kappa shape index (κ1) is 18.9. The van der Waals surface area contributed by atoms with Gasteiger partial charge >= 0.3 is 12.0 Å². The predicted molar refractivity (Wildman–Crippen MR) is 102 cm³/mol. The molecule has 1 atom stereocenters. The van der Waals surface area contributed by atoms with Crippen molar-refractivity contribution in [2.24, 2.45) is 0 Å². The van der Waals surface area contributed by atoms with Crippen LogP contribution in [-0.4, -0.2) is 70.9 Å². The number of rotatable bonds is 5. The molecule has 1 aliphatic rings. The molecular formula is C19H25N5O3. The Morgan fingerprint density at radius 2 is 2.04 bits per heavy atom. The number of para-hydroxylation sites is 1. The van der Waals surface area contributed by atoms with Gasteiger partial charge in [0, 0.05) is 32.2 Å². The van der Waals surface area contributed by atoms with Crippen LogP contribution in [0, 0.1) is 0 Å². The number of piperazine rings is 1. The Balaban J connectivity index is 1.53. The average molecular weight is 371 g/mol. The average Bonchev–Trinajstić information content (AvgIpc) is 3.15. The van der Waals surface area contributed by atoms with Crippen molar-refractivity contribution in [3.05, 3.63) is 42.7 Å². The fraction of sp³-hybridized carbons (Fsp3) is 0.421. The number of hydrogen-bond acceptors (Lipinski definition) is 5. The molecule has 0 radical (unpaired) electrons. The molecule has 1 saturated heterocycles. The van der Waals surface area contributed by atoms with Crippen molar-refractivity contribution in [1.82, 2.24) is 19.6 Å². The van der Waals surface area contributed by atoms with Gasteiger partial charge in [-0.1, -0.05) is 18.2 Å². The van der Waals surface area contributed by atoms with Gasteiger partial charge in [-0.25, -0.2) is 9.48 Å². The lowest BCUT2D eigenvalue weighted by Gasteiger charge is -2.39. The van der Waals surface area contributed by atoms with Crippen LogP contribution in [0.5, 0.6) is 0 Å². The summed E-state index contributed by atoms with van der Waals surface area (Å²) in [5.74, 6) is -0.210. The summed E-state index contributed by atoms with van der Waals surface area (Å²) in [6.45, 7) is 4.74. The van der Waals surface area contributed by atoms with Crippen molar-refractivity contribution < 1.29 is 14.3 Å². The normalized spacial score (nSPS) is 17.6. The van der Waals surface area contributed by atoms with Crippen molar-refractivity contribution in [2.45, 2.75) is 19.4 Å². The van der Waals surface area contributed by atoms with Crippen LogP contribution >= 0.6 is 0 Å². The van der Waals surface area contributed by atoms with Crippen LogP contribution in [0.3, 0.4) is 0 Å². The van der Waals surface area contributed by atoms with Crippen LogP contribution in [0.1, 0.15) is 13.3 Å². The first-order valence-corrected chi connectivity index (χ1v) is 9.03. The van der Waals surface area contributed by atoms with Crippen LogP contribution in [0.4, 0.5) is 10.5 Å².